The molecule has 2 rings (SSSR count). The highest BCUT2D eigenvalue weighted by Gasteiger charge is 2.56. The lowest BCUT2D eigenvalue weighted by Crippen LogP contribution is -2.55. The van der Waals surface area contributed by atoms with E-state index in [2.05, 4.69) is 5.32 Å². The highest BCUT2D eigenvalue weighted by Crippen LogP contribution is 2.39. The van der Waals surface area contributed by atoms with E-state index in [4.69, 9.17) is 9.47 Å². The Hall–Kier alpha value is -1.10. The summed E-state index contributed by atoms with van der Waals surface area (Å²) >= 11 is 0. The van der Waals surface area contributed by atoms with Gasteiger partial charge in [0.1, 0.15) is 6.04 Å². The normalized spacial score (nSPS) is 28.4. The Morgan fingerprint density at radius 1 is 1.71 bits per heavy atom. The van der Waals surface area contributed by atoms with Crippen LogP contribution in [0.2, 0.25) is 0 Å². The van der Waals surface area contributed by atoms with Gasteiger partial charge in [-0.2, -0.15) is 0 Å². The molecule has 0 aliphatic carbocycles. The summed E-state index contributed by atoms with van der Waals surface area (Å²) in [7, 11) is 0. The van der Waals surface area contributed by atoms with Crippen molar-refractivity contribution in [3.8, 4) is 0 Å². The van der Waals surface area contributed by atoms with E-state index in [1.807, 2.05) is 0 Å². The number of hydrogen-bond acceptors (Lipinski definition) is 4. The molecule has 2 aliphatic heterocycles. The zero-order valence-corrected chi connectivity index (χ0v) is 8.04. The molecule has 1 unspecified atom stereocenters. The third-order valence-electron chi connectivity index (χ3n) is 2.73. The van der Waals surface area contributed by atoms with E-state index in [1.165, 1.54) is 0 Å². The van der Waals surface area contributed by atoms with Crippen molar-refractivity contribution < 1.29 is 19.1 Å². The van der Waals surface area contributed by atoms with Gasteiger partial charge < -0.3 is 14.8 Å². The number of esters is 1. The van der Waals surface area contributed by atoms with Crippen molar-refractivity contribution in [2.75, 3.05) is 19.8 Å². The van der Waals surface area contributed by atoms with Crippen LogP contribution in [0, 0.1) is 5.41 Å². The van der Waals surface area contributed by atoms with Gasteiger partial charge in [0, 0.05) is 6.42 Å². The van der Waals surface area contributed by atoms with Crippen LogP contribution in [0.15, 0.2) is 0 Å². The van der Waals surface area contributed by atoms with Crippen LogP contribution in [0.5, 0.6) is 0 Å². The zero-order valence-electron chi connectivity index (χ0n) is 8.04. The van der Waals surface area contributed by atoms with E-state index in [-0.39, 0.29) is 17.3 Å². The van der Waals surface area contributed by atoms with Crippen molar-refractivity contribution >= 4 is 11.9 Å². The number of rotatable bonds is 2. The van der Waals surface area contributed by atoms with Crippen LogP contribution < -0.4 is 5.32 Å². The number of hydrogen-bond donors (Lipinski definition) is 1. The first kappa shape index (κ1) is 9.45. The number of carbonyl (C=O) groups is 2. The summed E-state index contributed by atoms with van der Waals surface area (Å²) in [6, 6.07) is -0.510. The van der Waals surface area contributed by atoms with Gasteiger partial charge in [0.05, 0.1) is 25.2 Å². The Balaban J connectivity index is 2.09. The highest BCUT2D eigenvalue weighted by atomic mass is 16.5. The van der Waals surface area contributed by atoms with Crippen LogP contribution in [0.4, 0.5) is 0 Å². The maximum absolute atomic E-state index is 11.5. The molecular weight excluding hydrogens is 186 g/mol. The summed E-state index contributed by atoms with van der Waals surface area (Å²) in [6.07, 6.45) is 0.372. The molecular formula is C9H13NO4. The van der Waals surface area contributed by atoms with Crippen molar-refractivity contribution in [3.05, 3.63) is 0 Å². The molecule has 5 nitrogen and oxygen atoms in total. The van der Waals surface area contributed by atoms with Crippen molar-refractivity contribution in [1.29, 1.82) is 0 Å². The number of nitrogens with one attached hydrogen (secondary N) is 1. The minimum absolute atomic E-state index is 0.0913. The molecule has 0 bridgehead atoms. The van der Waals surface area contributed by atoms with Crippen LogP contribution in [0.1, 0.15) is 13.3 Å². The van der Waals surface area contributed by atoms with Crippen molar-refractivity contribution in [2.24, 2.45) is 5.41 Å². The van der Waals surface area contributed by atoms with Gasteiger partial charge in [0.25, 0.3) is 0 Å². The first-order chi connectivity index (χ1) is 6.68. The molecule has 1 atom stereocenters. The quantitative estimate of drug-likeness (QED) is 0.606. The molecule has 1 spiro atoms. The Morgan fingerprint density at radius 3 is 2.93 bits per heavy atom. The van der Waals surface area contributed by atoms with Gasteiger partial charge in [-0.1, -0.05) is 0 Å². The number of carbonyl (C=O) groups excluding carboxylic acids is 2. The standard InChI is InChI=1S/C9H13NO4/c1-2-14-8(12)7-9(4-13-5-9)3-6(11)10-7/h7H,2-5H2,1H3,(H,10,11). The molecule has 2 heterocycles. The van der Waals surface area contributed by atoms with E-state index in [0.29, 0.717) is 26.2 Å². The average molecular weight is 199 g/mol. The molecule has 78 valence electrons. The monoisotopic (exact) mass is 199 g/mol. The van der Waals surface area contributed by atoms with Gasteiger partial charge >= 0.3 is 5.97 Å². The highest BCUT2D eigenvalue weighted by molar-refractivity contribution is 5.90. The predicted octanol–water partition coefficient (Wildman–Crippen LogP) is -0.545. The molecule has 0 saturated carbocycles. The molecule has 2 fully saturated rings. The molecule has 2 aliphatic rings. The molecule has 14 heavy (non-hydrogen) atoms. The largest absolute Gasteiger partial charge is 0.464 e. The lowest BCUT2D eigenvalue weighted by Gasteiger charge is -2.40. The Labute approximate surface area is 81.7 Å². The van der Waals surface area contributed by atoms with E-state index in [1.54, 1.807) is 6.92 Å². The van der Waals surface area contributed by atoms with E-state index in [9.17, 15) is 9.59 Å². The summed E-state index contributed by atoms with van der Waals surface area (Å²) in [6.45, 7) is 3.02. The fraction of sp³-hybridized carbons (Fsp3) is 0.778. The number of amides is 1. The molecule has 1 N–H and O–H groups in total. The van der Waals surface area contributed by atoms with Gasteiger partial charge in [-0.25, -0.2) is 4.79 Å². The maximum atomic E-state index is 11.5. The van der Waals surface area contributed by atoms with Crippen LogP contribution in [0.25, 0.3) is 0 Å². The minimum Gasteiger partial charge on any atom is -0.464 e. The van der Waals surface area contributed by atoms with Crippen LogP contribution in [0.3, 0.4) is 0 Å². The topological polar surface area (TPSA) is 64.6 Å². The first-order valence-electron chi connectivity index (χ1n) is 4.72. The summed E-state index contributed by atoms with van der Waals surface area (Å²) in [5.74, 6) is -0.437. The smallest absolute Gasteiger partial charge is 0.329 e. The Kier molecular flexibility index (Phi) is 2.19. The van der Waals surface area contributed by atoms with E-state index >= 15 is 0 Å². The minimum atomic E-state index is -0.510. The van der Waals surface area contributed by atoms with Gasteiger partial charge in [-0.15, -0.1) is 0 Å². The van der Waals surface area contributed by atoms with Crippen LogP contribution >= 0.6 is 0 Å². The fourth-order valence-electron chi connectivity index (χ4n) is 1.95. The predicted molar refractivity (Wildman–Crippen MR) is 46.4 cm³/mol. The third-order valence-corrected chi connectivity index (χ3v) is 2.73. The fourth-order valence-corrected chi connectivity index (χ4v) is 1.95. The summed E-state index contributed by atoms with van der Waals surface area (Å²) < 4.78 is 9.96. The maximum Gasteiger partial charge on any atom is 0.329 e. The lowest BCUT2D eigenvalue weighted by molar-refractivity contribution is -0.164. The summed E-state index contributed by atoms with van der Waals surface area (Å²) in [5, 5.41) is 2.64. The van der Waals surface area contributed by atoms with Gasteiger partial charge in [-0.3, -0.25) is 4.79 Å². The van der Waals surface area contributed by atoms with Gasteiger partial charge in [-0.05, 0) is 6.92 Å². The lowest BCUT2D eigenvalue weighted by atomic mass is 9.78. The molecule has 0 aromatic heterocycles. The molecule has 0 aromatic carbocycles. The van der Waals surface area contributed by atoms with Crippen molar-refractivity contribution in [3.63, 3.8) is 0 Å². The zero-order chi connectivity index (χ0) is 10.2. The summed E-state index contributed by atoms with van der Waals surface area (Å²) in [4.78, 5) is 22.7. The molecule has 2 saturated heterocycles. The molecule has 0 aromatic rings. The van der Waals surface area contributed by atoms with Crippen molar-refractivity contribution in [2.45, 2.75) is 19.4 Å². The number of ether oxygens (including phenoxy) is 2. The Morgan fingerprint density at radius 2 is 2.43 bits per heavy atom. The van der Waals surface area contributed by atoms with Crippen LogP contribution in [-0.2, 0) is 19.1 Å². The average Bonchev–Trinajstić information content (AvgIpc) is 2.43. The second kappa shape index (κ2) is 3.24. The van der Waals surface area contributed by atoms with Crippen molar-refractivity contribution in [1.82, 2.24) is 5.32 Å². The van der Waals surface area contributed by atoms with Gasteiger partial charge in [0.15, 0.2) is 0 Å². The van der Waals surface area contributed by atoms with E-state index in [0.717, 1.165) is 0 Å². The molecule has 0 radical (unpaired) electrons. The summed E-state index contributed by atoms with van der Waals surface area (Å²) in [5.41, 5.74) is -0.330. The SMILES string of the molecule is CCOC(=O)C1NC(=O)CC12COC2. The van der Waals surface area contributed by atoms with Crippen LogP contribution in [-0.4, -0.2) is 37.7 Å². The second-order valence-electron chi connectivity index (χ2n) is 3.78. The third kappa shape index (κ3) is 1.28. The van der Waals surface area contributed by atoms with Gasteiger partial charge in [0.2, 0.25) is 5.91 Å². The Bertz CT molecular complexity index is 272. The van der Waals surface area contributed by atoms with E-state index < -0.39 is 6.04 Å². The molecule has 1 amide bonds. The first-order valence-corrected chi connectivity index (χ1v) is 4.72. The molecule has 5 heteroatoms. The second-order valence-corrected chi connectivity index (χ2v) is 3.78.